The number of aryl methyl sites for hydroxylation is 2. The van der Waals surface area contributed by atoms with Crippen LogP contribution >= 0.6 is 15.9 Å². The maximum atomic E-state index is 10.8. The van der Waals surface area contributed by atoms with Gasteiger partial charge >= 0.3 is 5.97 Å². The van der Waals surface area contributed by atoms with Gasteiger partial charge in [0, 0.05) is 11.9 Å². The van der Waals surface area contributed by atoms with Crippen molar-refractivity contribution < 1.29 is 9.90 Å². The number of hydrogen-bond donors (Lipinski definition) is 1. The van der Waals surface area contributed by atoms with E-state index >= 15 is 0 Å². The van der Waals surface area contributed by atoms with E-state index in [0.29, 0.717) is 10.3 Å². The van der Waals surface area contributed by atoms with Crippen molar-refractivity contribution >= 4 is 27.5 Å². The van der Waals surface area contributed by atoms with Crippen molar-refractivity contribution in [2.75, 3.05) is 0 Å². The van der Waals surface area contributed by atoms with E-state index in [1.165, 1.54) is 6.20 Å². The Morgan fingerprint density at radius 1 is 1.47 bits per heavy atom. The Morgan fingerprint density at radius 2 is 2.13 bits per heavy atom. The van der Waals surface area contributed by atoms with Gasteiger partial charge in [0.25, 0.3) is 0 Å². The molecular weight excluding hydrogens is 262 g/mol. The van der Waals surface area contributed by atoms with E-state index in [0.717, 1.165) is 11.4 Å². The van der Waals surface area contributed by atoms with E-state index in [9.17, 15) is 4.79 Å². The van der Waals surface area contributed by atoms with Crippen LogP contribution in [0.1, 0.15) is 21.9 Å². The highest BCUT2D eigenvalue weighted by atomic mass is 79.9. The Bertz CT molecular complexity index is 562. The number of carbonyl (C=O) groups is 1. The van der Waals surface area contributed by atoms with E-state index < -0.39 is 5.97 Å². The van der Waals surface area contributed by atoms with Crippen LogP contribution < -0.4 is 0 Å². The normalized spacial score (nSPS) is 10.9. The molecule has 0 unspecified atom stereocenters. The van der Waals surface area contributed by atoms with Crippen LogP contribution in [0.25, 0.3) is 5.65 Å². The van der Waals surface area contributed by atoms with Crippen LogP contribution in [-0.2, 0) is 0 Å². The van der Waals surface area contributed by atoms with Gasteiger partial charge in [0.2, 0.25) is 0 Å². The van der Waals surface area contributed by atoms with Gasteiger partial charge in [-0.3, -0.25) is 4.40 Å². The Hall–Kier alpha value is -1.43. The molecule has 0 aromatic carbocycles. The quantitative estimate of drug-likeness (QED) is 0.858. The lowest BCUT2D eigenvalue weighted by molar-refractivity contribution is 0.0689. The molecule has 0 atom stereocenters. The second kappa shape index (κ2) is 3.30. The highest BCUT2D eigenvalue weighted by Gasteiger charge is 2.13. The molecule has 2 rings (SSSR count). The highest BCUT2D eigenvalue weighted by Crippen LogP contribution is 2.18. The van der Waals surface area contributed by atoms with Crippen LogP contribution in [0.4, 0.5) is 0 Å². The Morgan fingerprint density at radius 3 is 2.73 bits per heavy atom. The van der Waals surface area contributed by atoms with Crippen molar-refractivity contribution in [3.05, 3.63) is 27.9 Å². The summed E-state index contributed by atoms with van der Waals surface area (Å²) in [6.07, 6.45) is 1.47. The van der Waals surface area contributed by atoms with Crippen LogP contribution in [-0.4, -0.2) is 25.4 Å². The third kappa shape index (κ3) is 1.50. The number of rotatable bonds is 1. The standard InChI is InChI=1S/C9H8BrN3O2/c1-4-5(2)13-3-6(9(14)15)12-7(10)8(13)11-4/h3H,1-2H3,(H,14,15). The van der Waals surface area contributed by atoms with Gasteiger partial charge in [-0.05, 0) is 29.8 Å². The monoisotopic (exact) mass is 269 g/mol. The number of aromatic nitrogens is 3. The molecule has 0 bridgehead atoms. The minimum Gasteiger partial charge on any atom is -0.476 e. The molecule has 0 amide bonds. The average molecular weight is 270 g/mol. The SMILES string of the molecule is Cc1nc2c(Br)nc(C(=O)O)cn2c1C. The molecule has 1 N–H and O–H groups in total. The van der Waals surface area contributed by atoms with Gasteiger partial charge in [-0.1, -0.05) is 0 Å². The predicted octanol–water partition coefficient (Wildman–Crippen LogP) is 1.81. The van der Waals surface area contributed by atoms with Crippen LogP contribution in [0.3, 0.4) is 0 Å². The van der Waals surface area contributed by atoms with E-state index in [-0.39, 0.29) is 5.69 Å². The average Bonchev–Trinajstić information content (AvgIpc) is 2.45. The minimum absolute atomic E-state index is 0.00475. The number of hydrogen-bond acceptors (Lipinski definition) is 3. The van der Waals surface area contributed by atoms with Gasteiger partial charge in [-0.25, -0.2) is 14.8 Å². The molecule has 78 valence electrons. The zero-order valence-electron chi connectivity index (χ0n) is 8.15. The van der Waals surface area contributed by atoms with Crippen LogP contribution in [0.5, 0.6) is 0 Å². The number of imidazole rings is 1. The van der Waals surface area contributed by atoms with Crippen molar-refractivity contribution in [1.82, 2.24) is 14.4 Å². The summed E-state index contributed by atoms with van der Waals surface area (Å²) in [5.41, 5.74) is 2.40. The lowest BCUT2D eigenvalue weighted by Gasteiger charge is -2.00. The largest absolute Gasteiger partial charge is 0.476 e. The Balaban J connectivity index is 2.85. The van der Waals surface area contributed by atoms with Crippen LogP contribution in [0, 0.1) is 13.8 Å². The van der Waals surface area contributed by atoms with Crippen molar-refractivity contribution in [3.63, 3.8) is 0 Å². The third-order valence-corrected chi connectivity index (χ3v) is 2.79. The summed E-state index contributed by atoms with van der Waals surface area (Å²) in [5, 5.41) is 8.85. The number of nitrogens with zero attached hydrogens (tertiary/aromatic N) is 3. The zero-order valence-corrected chi connectivity index (χ0v) is 9.74. The summed E-state index contributed by atoms with van der Waals surface area (Å²) in [5.74, 6) is -1.05. The van der Waals surface area contributed by atoms with Crippen LogP contribution in [0.2, 0.25) is 0 Å². The van der Waals surface area contributed by atoms with E-state index in [4.69, 9.17) is 5.11 Å². The molecule has 0 fully saturated rings. The van der Waals surface area contributed by atoms with Gasteiger partial charge in [0.05, 0.1) is 5.69 Å². The maximum absolute atomic E-state index is 10.8. The molecule has 0 spiro atoms. The maximum Gasteiger partial charge on any atom is 0.356 e. The van der Waals surface area contributed by atoms with Crippen molar-refractivity contribution in [2.45, 2.75) is 13.8 Å². The minimum atomic E-state index is -1.05. The van der Waals surface area contributed by atoms with E-state index in [1.807, 2.05) is 13.8 Å². The van der Waals surface area contributed by atoms with Crippen LogP contribution in [0.15, 0.2) is 10.8 Å². The molecule has 0 aliphatic carbocycles. The molecule has 5 nitrogen and oxygen atoms in total. The molecule has 15 heavy (non-hydrogen) atoms. The fraction of sp³-hybridized carbons (Fsp3) is 0.222. The number of carboxylic acid groups (broad SMARTS) is 1. The highest BCUT2D eigenvalue weighted by molar-refractivity contribution is 9.10. The summed E-state index contributed by atoms with van der Waals surface area (Å²) in [7, 11) is 0. The first-order valence-electron chi connectivity index (χ1n) is 4.26. The Kier molecular flexibility index (Phi) is 2.22. The molecule has 0 radical (unpaired) electrons. The number of aromatic carboxylic acids is 1. The van der Waals surface area contributed by atoms with Gasteiger partial charge in [-0.2, -0.15) is 0 Å². The predicted molar refractivity (Wildman–Crippen MR) is 57.1 cm³/mol. The summed E-state index contributed by atoms with van der Waals surface area (Å²) in [6, 6.07) is 0. The summed E-state index contributed by atoms with van der Waals surface area (Å²) in [6.45, 7) is 3.75. The second-order valence-corrected chi connectivity index (χ2v) is 3.95. The molecule has 2 heterocycles. The first-order valence-corrected chi connectivity index (χ1v) is 5.05. The molecule has 0 saturated heterocycles. The van der Waals surface area contributed by atoms with E-state index in [2.05, 4.69) is 25.9 Å². The summed E-state index contributed by atoms with van der Waals surface area (Å²) >= 11 is 3.21. The first kappa shape index (κ1) is 10.1. The fourth-order valence-corrected chi connectivity index (χ4v) is 1.81. The molecule has 2 aromatic heterocycles. The first-order chi connectivity index (χ1) is 7.00. The second-order valence-electron chi connectivity index (χ2n) is 3.20. The Labute approximate surface area is 93.9 Å². The smallest absolute Gasteiger partial charge is 0.356 e. The van der Waals surface area contributed by atoms with E-state index in [1.54, 1.807) is 4.40 Å². The van der Waals surface area contributed by atoms with Gasteiger partial charge in [-0.15, -0.1) is 0 Å². The van der Waals surface area contributed by atoms with Crippen molar-refractivity contribution in [2.24, 2.45) is 0 Å². The number of carboxylic acids is 1. The number of halogens is 1. The zero-order chi connectivity index (χ0) is 11.2. The third-order valence-electron chi connectivity index (χ3n) is 2.26. The van der Waals surface area contributed by atoms with Gasteiger partial charge in [0.15, 0.2) is 11.3 Å². The molecule has 0 aliphatic heterocycles. The molecule has 6 heteroatoms. The number of fused-ring (bicyclic) bond motifs is 1. The topological polar surface area (TPSA) is 67.5 Å². The summed E-state index contributed by atoms with van der Waals surface area (Å²) in [4.78, 5) is 19.0. The lowest BCUT2D eigenvalue weighted by atomic mass is 10.4. The molecular formula is C9H8BrN3O2. The molecule has 0 aliphatic rings. The van der Waals surface area contributed by atoms with Gasteiger partial charge < -0.3 is 5.11 Å². The van der Waals surface area contributed by atoms with Crippen molar-refractivity contribution in [3.8, 4) is 0 Å². The molecule has 2 aromatic rings. The van der Waals surface area contributed by atoms with Gasteiger partial charge in [0.1, 0.15) is 4.60 Å². The summed E-state index contributed by atoms with van der Waals surface area (Å²) < 4.78 is 2.16. The fourth-order valence-electron chi connectivity index (χ4n) is 1.34. The lowest BCUT2D eigenvalue weighted by Crippen LogP contribution is -2.04. The molecule has 0 saturated carbocycles. The van der Waals surface area contributed by atoms with Crippen molar-refractivity contribution in [1.29, 1.82) is 0 Å².